The van der Waals surface area contributed by atoms with E-state index < -0.39 is 22.1 Å². The van der Waals surface area contributed by atoms with Crippen LogP contribution in [0.2, 0.25) is 5.02 Å². The van der Waals surface area contributed by atoms with Gasteiger partial charge in [0.1, 0.15) is 9.92 Å². The van der Waals surface area contributed by atoms with Crippen LogP contribution in [-0.4, -0.2) is 27.5 Å². The molecule has 32 heavy (non-hydrogen) atoms. The number of fused-ring (bicyclic) bond motifs is 2. The van der Waals surface area contributed by atoms with Gasteiger partial charge in [-0.2, -0.15) is 0 Å². The molecule has 0 aromatic heterocycles. The van der Waals surface area contributed by atoms with Crippen LogP contribution in [0, 0.1) is 4.78 Å². The van der Waals surface area contributed by atoms with Crippen LogP contribution in [0.25, 0.3) is 0 Å². The highest BCUT2D eigenvalue weighted by Gasteiger charge is 2.41. The maximum atomic E-state index is 13.1. The van der Waals surface area contributed by atoms with E-state index in [1.165, 1.54) is 11.1 Å². The Morgan fingerprint density at radius 1 is 0.906 bits per heavy atom. The van der Waals surface area contributed by atoms with Crippen molar-refractivity contribution < 1.29 is 9.32 Å². The van der Waals surface area contributed by atoms with Gasteiger partial charge in [-0.15, -0.1) is 0 Å². The maximum absolute atomic E-state index is 13.1. The van der Waals surface area contributed by atoms with Crippen LogP contribution in [-0.2, 0) is 22.8 Å². The molecule has 1 fully saturated rings. The van der Waals surface area contributed by atoms with Crippen molar-refractivity contribution >= 4 is 32.9 Å². The number of para-hydroxylation sites is 2. The van der Waals surface area contributed by atoms with Crippen molar-refractivity contribution in [3.05, 3.63) is 88.9 Å². The topological polar surface area (TPSA) is 76.4 Å². The Bertz CT molecular complexity index is 1180. The zero-order valence-corrected chi connectivity index (χ0v) is 19.1. The molecule has 0 radical (unpaired) electrons. The van der Waals surface area contributed by atoms with Crippen LogP contribution in [0.3, 0.4) is 0 Å². The number of nitrogens with zero attached hydrogens (tertiary/aromatic N) is 1. The van der Waals surface area contributed by atoms with E-state index in [0.29, 0.717) is 16.3 Å². The molecule has 3 aromatic rings. The molecular formula is C25H26ClN3O2S. The molecule has 1 saturated carbocycles. The largest absolute Gasteiger partial charge is 0.389 e. The number of benzene rings is 3. The third kappa shape index (κ3) is 3.92. The molecule has 4 atom stereocenters. The molecule has 1 aliphatic carbocycles. The minimum absolute atomic E-state index is 0.173. The zero-order valence-electron chi connectivity index (χ0n) is 17.6. The summed E-state index contributed by atoms with van der Waals surface area (Å²) in [5.74, 6) is 0. The summed E-state index contributed by atoms with van der Waals surface area (Å²) < 4.78 is 24.5. The molecule has 0 saturated heterocycles. The average Bonchev–Trinajstić information content (AvgIpc) is 3.04. The van der Waals surface area contributed by atoms with Crippen molar-refractivity contribution in [2.45, 2.75) is 48.8 Å². The number of anilines is 2. The second-order valence-corrected chi connectivity index (χ2v) is 10.8. The highest BCUT2D eigenvalue weighted by molar-refractivity contribution is 7.90. The van der Waals surface area contributed by atoms with Crippen LogP contribution in [0.1, 0.15) is 24.0 Å². The van der Waals surface area contributed by atoms with Gasteiger partial charge < -0.3 is 10.0 Å². The lowest BCUT2D eigenvalue weighted by Gasteiger charge is -2.35. The minimum Gasteiger partial charge on any atom is -0.389 e. The van der Waals surface area contributed by atoms with E-state index in [1.54, 1.807) is 24.3 Å². The fraction of sp³-hybridized carbons (Fsp3) is 0.280. The SMILES string of the molecule is N=S(=O)(NC1CCC(N2c3ccccc3CCc3ccccc32)C1O)c1ccc(Cl)cc1. The molecular weight excluding hydrogens is 442 g/mol. The molecule has 1 heterocycles. The van der Waals surface area contributed by atoms with Crippen LogP contribution in [0.15, 0.2) is 77.7 Å². The molecule has 5 rings (SSSR count). The smallest absolute Gasteiger partial charge is 0.134 e. The number of hydrogen-bond donors (Lipinski definition) is 3. The average molecular weight is 468 g/mol. The predicted octanol–water partition coefficient (Wildman–Crippen LogP) is 5.08. The summed E-state index contributed by atoms with van der Waals surface area (Å²) in [7, 11) is -3.26. The van der Waals surface area contributed by atoms with Gasteiger partial charge in [0, 0.05) is 22.4 Å². The first kappa shape index (κ1) is 21.5. The minimum atomic E-state index is -3.26. The number of hydrogen-bond acceptors (Lipinski definition) is 4. The van der Waals surface area contributed by atoms with Gasteiger partial charge in [-0.1, -0.05) is 48.0 Å². The molecule has 5 nitrogen and oxygen atoms in total. The Labute approximate surface area is 194 Å². The predicted molar refractivity (Wildman–Crippen MR) is 129 cm³/mol. The molecule has 0 amide bonds. The number of aliphatic hydroxyl groups excluding tert-OH is 1. The third-order valence-electron chi connectivity index (χ3n) is 6.54. The lowest BCUT2D eigenvalue weighted by atomic mass is 10.0. The van der Waals surface area contributed by atoms with Gasteiger partial charge in [0.2, 0.25) is 0 Å². The second kappa shape index (κ2) is 8.52. The van der Waals surface area contributed by atoms with E-state index >= 15 is 0 Å². The van der Waals surface area contributed by atoms with Crippen molar-refractivity contribution in [2.24, 2.45) is 0 Å². The van der Waals surface area contributed by atoms with Gasteiger partial charge in [0.05, 0.1) is 17.0 Å². The van der Waals surface area contributed by atoms with Gasteiger partial charge in [-0.05, 0) is 73.2 Å². The molecule has 4 unspecified atom stereocenters. The fourth-order valence-electron chi connectivity index (χ4n) is 4.95. The maximum Gasteiger partial charge on any atom is 0.134 e. The van der Waals surface area contributed by atoms with Crippen LogP contribution in [0.5, 0.6) is 0 Å². The Balaban J connectivity index is 1.46. The van der Waals surface area contributed by atoms with E-state index in [1.807, 2.05) is 12.1 Å². The molecule has 3 N–H and O–H groups in total. The number of aliphatic hydroxyl groups is 1. The lowest BCUT2D eigenvalue weighted by Crippen LogP contribution is -2.47. The Morgan fingerprint density at radius 2 is 1.47 bits per heavy atom. The van der Waals surface area contributed by atoms with Crippen molar-refractivity contribution in [3.8, 4) is 0 Å². The summed E-state index contributed by atoms with van der Waals surface area (Å²) in [5, 5.41) is 11.9. The first-order chi connectivity index (χ1) is 15.4. The fourth-order valence-corrected chi connectivity index (χ4v) is 6.41. The van der Waals surface area contributed by atoms with Gasteiger partial charge in [-0.3, -0.25) is 0 Å². The summed E-state index contributed by atoms with van der Waals surface area (Å²) in [6.07, 6.45) is 2.50. The van der Waals surface area contributed by atoms with Crippen molar-refractivity contribution in [1.29, 1.82) is 4.78 Å². The Kier molecular flexibility index (Phi) is 5.72. The van der Waals surface area contributed by atoms with E-state index in [4.69, 9.17) is 16.4 Å². The molecule has 2 aliphatic rings. The highest BCUT2D eigenvalue weighted by atomic mass is 35.5. The van der Waals surface area contributed by atoms with Gasteiger partial charge in [0.25, 0.3) is 0 Å². The van der Waals surface area contributed by atoms with Crippen molar-refractivity contribution in [3.63, 3.8) is 0 Å². The molecule has 166 valence electrons. The van der Waals surface area contributed by atoms with E-state index in [9.17, 15) is 9.32 Å². The standard InChI is InChI=1S/C25H26ClN3O2S/c26-19-11-13-20(14-12-19)32(27,31)28-21-15-16-24(25(21)30)29-22-7-3-1-5-17(22)9-10-18-6-2-4-8-23(18)29/h1-8,11-14,21,24-25,30H,9-10,15-16H2,(H2,27,28,31). The summed E-state index contributed by atoms with van der Waals surface area (Å²) in [5.41, 5.74) is 4.76. The van der Waals surface area contributed by atoms with Crippen molar-refractivity contribution in [2.75, 3.05) is 4.90 Å². The zero-order chi connectivity index (χ0) is 22.3. The normalized spacial score (nSPS) is 24.3. The lowest BCUT2D eigenvalue weighted by molar-refractivity contribution is 0.143. The molecule has 3 aromatic carbocycles. The van der Waals surface area contributed by atoms with Crippen LogP contribution in [0.4, 0.5) is 11.4 Å². The number of rotatable bonds is 4. The molecule has 7 heteroatoms. The first-order valence-electron chi connectivity index (χ1n) is 10.9. The second-order valence-electron chi connectivity index (χ2n) is 8.50. The first-order valence-corrected chi connectivity index (χ1v) is 12.8. The van der Waals surface area contributed by atoms with Crippen LogP contribution >= 0.6 is 11.6 Å². The summed E-state index contributed by atoms with van der Waals surface area (Å²) >= 11 is 5.94. The van der Waals surface area contributed by atoms with Gasteiger partial charge >= 0.3 is 0 Å². The van der Waals surface area contributed by atoms with E-state index in [0.717, 1.165) is 30.6 Å². The van der Waals surface area contributed by atoms with Gasteiger partial charge in [-0.25, -0.2) is 13.7 Å². The Morgan fingerprint density at radius 3 is 2.06 bits per heavy atom. The monoisotopic (exact) mass is 467 g/mol. The molecule has 0 spiro atoms. The quantitative estimate of drug-likeness (QED) is 0.500. The summed E-state index contributed by atoms with van der Waals surface area (Å²) in [6.45, 7) is 0. The van der Waals surface area contributed by atoms with E-state index in [2.05, 4.69) is 46.0 Å². The number of halogens is 1. The Hall–Kier alpha value is -2.38. The van der Waals surface area contributed by atoms with E-state index in [-0.39, 0.29) is 6.04 Å². The summed E-state index contributed by atoms with van der Waals surface area (Å²) in [4.78, 5) is 2.63. The number of aryl methyl sites for hydroxylation is 2. The van der Waals surface area contributed by atoms with Gasteiger partial charge in [0.15, 0.2) is 0 Å². The highest BCUT2D eigenvalue weighted by Crippen LogP contribution is 2.41. The number of nitrogens with one attached hydrogen (secondary N) is 2. The van der Waals surface area contributed by atoms with Crippen LogP contribution < -0.4 is 9.62 Å². The third-order valence-corrected chi connectivity index (χ3v) is 8.36. The molecule has 0 bridgehead atoms. The van der Waals surface area contributed by atoms with Crippen molar-refractivity contribution in [1.82, 2.24) is 4.72 Å². The summed E-state index contributed by atoms with van der Waals surface area (Å²) in [6, 6.07) is 22.6. The molecule has 1 aliphatic heterocycles.